The van der Waals surface area contributed by atoms with Crippen LogP contribution in [0.1, 0.15) is 39.7 Å². The quantitative estimate of drug-likeness (QED) is 0.663. The van der Waals surface area contributed by atoms with Gasteiger partial charge in [0.05, 0.1) is 31.5 Å². The number of amides is 1. The average molecular weight is 413 g/mol. The molecule has 0 saturated carbocycles. The Labute approximate surface area is 181 Å². The average Bonchev–Trinajstić information content (AvgIpc) is 2.82. The second-order valence-corrected chi connectivity index (χ2v) is 7.75. The van der Waals surface area contributed by atoms with E-state index in [4.69, 9.17) is 9.47 Å². The highest BCUT2D eigenvalue weighted by Crippen LogP contribution is 2.32. The maximum absolute atomic E-state index is 12.7. The first-order valence-corrected chi connectivity index (χ1v) is 10.1. The summed E-state index contributed by atoms with van der Waals surface area (Å²) in [6.07, 6.45) is 1.71. The minimum Gasteiger partial charge on any atom is -0.489 e. The summed E-state index contributed by atoms with van der Waals surface area (Å²) in [5.41, 5.74) is 3.29. The fraction of sp³-hybridized carbons (Fsp3) is 0.240. The van der Waals surface area contributed by atoms with Crippen LogP contribution in [0.2, 0.25) is 0 Å². The number of carbonyl (C=O) groups excluding carboxylic acids is 1. The highest BCUT2D eigenvalue weighted by atomic mass is 16.5. The number of carbonyl (C=O) groups is 1. The molecule has 6 heteroatoms. The summed E-state index contributed by atoms with van der Waals surface area (Å²) in [5.74, 6) is 0.596. The van der Waals surface area contributed by atoms with E-state index in [-0.39, 0.29) is 5.91 Å². The molecule has 4 rings (SSSR count). The monoisotopic (exact) mass is 413 g/mol. The Kier molecular flexibility index (Phi) is 5.96. The van der Waals surface area contributed by atoms with Gasteiger partial charge in [-0.3, -0.25) is 9.78 Å². The molecule has 0 unspecified atom stereocenters. The lowest BCUT2D eigenvalue weighted by atomic mass is 9.79. The second-order valence-electron chi connectivity index (χ2n) is 7.75. The van der Waals surface area contributed by atoms with Crippen LogP contribution < -0.4 is 10.1 Å². The van der Waals surface area contributed by atoms with Gasteiger partial charge >= 0.3 is 0 Å². The lowest BCUT2D eigenvalue weighted by molar-refractivity contribution is 0.0757. The summed E-state index contributed by atoms with van der Waals surface area (Å²) in [4.78, 5) is 17.1. The topological polar surface area (TPSA) is 84.2 Å². The van der Waals surface area contributed by atoms with E-state index in [1.165, 1.54) is 0 Å². The van der Waals surface area contributed by atoms with Gasteiger partial charge in [0.1, 0.15) is 17.8 Å². The lowest BCUT2D eigenvalue weighted by Crippen LogP contribution is -2.33. The third-order valence-corrected chi connectivity index (χ3v) is 5.32. The molecule has 1 N–H and O–H groups in total. The number of nitrogens with one attached hydrogen (secondary N) is 1. The molecular formula is C25H23N3O3. The van der Waals surface area contributed by atoms with Gasteiger partial charge in [-0.25, -0.2) is 0 Å². The second kappa shape index (κ2) is 8.99. The number of fused-ring (bicyclic) bond motifs is 1. The smallest absolute Gasteiger partial charge is 0.251 e. The summed E-state index contributed by atoms with van der Waals surface area (Å²) >= 11 is 0. The van der Waals surface area contributed by atoms with Crippen molar-refractivity contribution in [1.82, 2.24) is 10.3 Å². The number of para-hydroxylation sites is 1. The zero-order valence-corrected chi connectivity index (χ0v) is 17.3. The summed E-state index contributed by atoms with van der Waals surface area (Å²) in [6.45, 7) is 3.33. The van der Waals surface area contributed by atoms with Gasteiger partial charge in [0.2, 0.25) is 0 Å². The predicted octanol–water partition coefficient (Wildman–Crippen LogP) is 3.90. The van der Waals surface area contributed by atoms with Crippen LogP contribution >= 0.6 is 0 Å². The molecular weight excluding hydrogens is 390 g/mol. The normalized spacial score (nSPS) is 17.3. The molecule has 6 nitrogen and oxygen atoms in total. The Morgan fingerprint density at radius 2 is 2.06 bits per heavy atom. The molecule has 2 heterocycles. The molecule has 1 amide bonds. The molecule has 31 heavy (non-hydrogen) atoms. The Bertz CT molecular complexity index is 1120. The first kappa shape index (κ1) is 20.6. The van der Waals surface area contributed by atoms with Crippen LogP contribution in [0.15, 0.2) is 66.9 Å². The fourth-order valence-corrected chi connectivity index (χ4v) is 3.56. The van der Waals surface area contributed by atoms with Crippen molar-refractivity contribution in [3.05, 3.63) is 94.8 Å². The number of rotatable bonds is 6. The van der Waals surface area contributed by atoms with Crippen LogP contribution in [-0.4, -0.2) is 17.5 Å². The number of pyridine rings is 1. The van der Waals surface area contributed by atoms with Crippen LogP contribution in [0.3, 0.4) is 0 Å². The first-order chi connectivity index (χ1) is 15.1. The molecule has 0 fully saturated rings. The predicted molar refractivity (Wildman–Crippen MR) is 115 cm³/mol. The van der Waals surface area contributed by atoms with Gasteiger partial charge in [-0.1, -0.05) is 24.3 Å². The number of nitrogens with zero attached hydrogens (tertiary/aromatic N) is 2. The number of nitriles is 1. The maximum Gasteiger partial charge on any atom is 0.251 e. The van der Waals surface area contributed by atoms with E-state index >= 15 is 0 Å². The van der Waals surface area contributed by atoms with Crippen molar-refractivity contribution < 1.29 is 14.3 Å². The van der Waals surface area contributed by atoms with Crippen LogP contribution in [-0.2, 0) is 29.9 Å². The molecule has 0 radical (unpaired) electrons. The van der Waals surface area contributed by atoms with Gasteiger partial charge in [-0.2, -0.15) is 5.26 Å². The van der Waals surface area contributed by atoms with Gasteiger partial charge in [0.25, 0.3) is 5.91 Å². The number of ether oxygens (including phenoxy) is 2. The molecule has 0 spiro atoms. The van der Waals surface area contributed by atoms with Crippen molar-refractivity contribution in [1.29, 1.82) is 5.26 Å². The van der Waals surface area contributed by atoms with Gasteiger partial charge in [-0.05, 0) is 60.0 Å². The fourth-order valence-electron chi connectivity index (χ4n) is 3.56. The van der Waals surface area contributed by atoms with E-state index in [9.17, 15) is 10.1 Å². The van der Waals surface area contributed by atoms with Gasteiger partial charge in [0, 0.05) is 11.8 Å². The summed E-state index contributed by atoms with van der Waals surface area (Å²) in [7, 11) is 0. The molecule has 0 saturated heterocycles. The molecule has 0 aliphatic carbocycles. The van der Waals surface area contributed by atoms with E-state index in [1.54, 1.807) is 18.3 Å². The van der Waals surface area contributed by atoms with Crippen molar-refractivity contribution in [2.75, 3.05) is 6.61 Å². The molecule has 1 aromatic heterocycles. The van der Waals surface area contributed by atoms with Crippen molar-refractivity contribution in [3.63, 3.8) is 0 Å². The highest BCUT2D eigenvalue weighted by molar-refractivity contribution is 5.94. The SMILES string of the molecule is C[C@@]1(C#N)COCc2ccc(C(=O)NCc3cc(COc4ccccc4)ccn3)cc21. The highest BCUT2D eigenvalue weighted by Gasteiger charge is 2.33. The van der Waals surface area contributed by atoms with Crippen molar-refractivity contribution >= 4 is 5.91 Å². The number of benzene rings is 2. The van der Waals surface area contributed by atoms with Crippen LogP contribution in [0.5, 0.6) is 5.75 Å². The molecule has 3 aromatic rings. The lowest BCUT2D eigenvalue weighted by Gasteiger charge is -2.30. The molecule has 1 aliphatic heterocycles. The first-order valence-electron chi connectivity index (χ1n) is 10.1. The number of aromatic nitrogens is 1. The third-order valence-electron chi connectivity index (χ3n) is 5.32. The van der Waals surface area contributed by atoms with E-state index < -0.39 is 5.41 Å². The summed E-state index contributed by atoms with van der Waals surface area (Å²) in [5, 5.41) is 12.5. The van der Waals surface area contributed by atoms with E-state index in [0.717, 1.165) is 28.1 Å². The molecule has 2 aromatic carbocycles. The maximum atomic E-state index is 12.7. The molecule has 1 atom stereocenters. The zero-order valence-electron chi connectivity index (χ0n) is 17.3. The minimum atomic E-state index is -0.751. The van der Waals surface area contributed by atoms with Gasteiger partial charge < -0.3 is 14.8 Å². The van der Waals surface area contributed by atoms with E-state index in [2.05, 4.69) is 16.4 Å². The Morgan fingerprint density at radius 3 is 2.87 bits per heavy atom. The van der Waals surface area contributed by atoms with Gasteiger partial charge in [0.15, 0.2) is 0 Å². The van der Waals surface area contributed by atoms with Crippen LogP contribution in [0, 0.1) is 11.3 Å². The van der Waals surface area contributed by atoms with Crippen LogP contribution in [0.4, 0.5) is 0 Å². The van der Waals surface area contributed by atoms with Crippen molar-refractivity contribution in [3.8, 4) is 11.8 Å². The zero-order chi connectivity index (χ0) is 21.7. The third kappa shape index (κ3) is 4.73. The van der Waals surface area contributed by atoms with Crippen LogP contribution in [0.25, 0.3) is 0 Å². The van der Waals surface area contributed by atoms with Gasteiger partial charge in [-0.15, -0.1) is 0 Å². The number of hydrogen-bond acceptors (Lipinski definition) is 5. The Balaban J connectivity index is 1.40. The minimum absolute atomic E-state index is 0.206. The Morgan fingerprint density at radius 1 is 1.23 bits per heavy atom. The largest absolute Gasteiger partial charge is 0.489 e. The number of hydrogen-bond donors (Lipinski definition) is 1. The molecule has 156 valence electrons. The van der Waals surface area contributed by atoms with Crippen molar-refractivity contribution in [2.24, 2.45) is 0 Å². The van der Waals surface area contributed by atoms with E-state index in [1.807, 2.05) is 55.5 Å². The summed E-state index contributed by atoms with van der Waals surface area (Å²) < 4.78 is 11.3. The Hall–Kier alpha value is -3.69. The standard InChI is InChI=1S/C25H23N3O3/c1-25(16-26)17-30-15-20-8-7-19(12-23(20)25)24(29)28-13-21-11-18(9-10-27-21)14-31-22-5-3-2-4-6-22/h2-12H,13-15,17H2,1H3,(H,28,29)/t25-/m1/s1. The molecule has 0 bridgehead atoms. The van der Waals surface area contributed by atoms with E-state index in [0.29, 0.717) is 31.9 Å². The summed E-state index contributed by atoms with van der Waals surface area (Å²) in [6, 6.07) is 21.2. The van der Waals surface area contributed by atoms with Crippen molar-refractivity contribution in [2.45, 2.75) is 32.1 Å². The molecule has 1 aliphatic rings.